The molecular weight excluding hydrogens is 359 g/mol. The summed E-state index contributed by atoms with van der Waals surface area (Å²) in [5.41, 5.74) is 0.753. The predicted molar refractivity (Wildman–Crippen MR) is 94.8 cm³/mol. The Morgan fingerprint density at radius 1 is 0.926 bits per heavy atom. The zero-order valence-corrected chi connectivity index (χ0v) is 14.1. The third kappa shape index (κ3) is 4.17. The van der Waals surface area contributed by atoms with Crippen LogP contribution in [0, 0.1) is 17.5 Å². The Labute approximate surface area is 152 Å². The average molecular weight is 373 g/mol. The van der Waals surface area contributed by atoms with Gasteiger partial charge in [0.05, 0.1) is 24.7 Å². The number of hydrogen-bond acceptors (Lipinski definition) is 4. The molecule has 8 heteroatoms. The topological polar surface area (TPSA) is 63.2 Å². The Morgan fingerprint density at radius 2 is 1.63 bits per heavy atom. The van der Waals surface area contributed by atoms with E-state index in [9.17, 15) is 18.0 Å². The maximum Gasteiger partial charge on any atom is 0.274 e. The van der Waals surface area contributed by atoms with Gasteiger partial charge in [0.1, 0.15) is 11.4 Å². The van der Waals surface area contributed by atoms with E-state index in [4.69, 9.17) is 4.74 Å². The first-order valence-corrected chi connectivity index (χ1v) is 7.80. The lowest BCUT2D eigenvalue weighted by Crippen LogP contribution is -2.13. The molecular formula is C19H14F3N3O2. The summed E-state index contributed by atoms with van der Waals surface area (Å²) in [5, 5.41) is 5.25. The van der Waals surface area contributed by atoms with Crippen LogP contribution >= 0.6 is 0 Å². The molecule has 0 unspecified atom stereocenters. The molecule has 5 nitrogen and oxygen atoms in total. The Morgan fingerprint density at radius 3 is 2.26 bits per heavy atom. The third-order valence-corrected chi connectivity index (χ3v) is 3.66. The number of ether oxygens (including phenoxy) is 1. The fourth-order valence-corrected chi connectivity index (χ4v) is 2.25. The number of aromatic nitrogens is 1. The van der Waals surface area contributed by atoms with Crippen LogP contribution in [0.5, 0.6) is 5.75 Å². The molecule has 1 heterocycles. The van der Waals surface area contributed by atoms with Gasteiger partial charge in [-0.1, -0.05) is 0 Å². The van der Waals surface area contributed by atoms with E-state index in [-0.39, 0.29) is 11.4 Å². The number of benzene rings is 2. The first-order chi connectivity index (χ1) is 13.0. The monoisotopic (exact) mass is 373 g/mol. The van der Waals surface area contributed by atoms with E-state index in [1.165, 1.54) is 18.3 Å². The summed E-state index contributed by atoms with van der Waals surface area (Å²) in [5.74, 6) is -3.96. The maximum absolute atomic E-state index is 13.7. The number of amides is 1. The van der Waals surface area contributed by atoms with E-state index in [2.05, 4.69) is 15.6 Å². The van der Waals surface area contributed by atoms with Crippen molar-refractivity contribution in [2.24, 2.45) is 0 Å². The molecule has 3 rings (SSSR count). The molecule has 0 spiro atoms. The van der Waals surface area contributed by atoms with Crippen molar-refractivity contribution < 1.29 is 22.7 Å². The molecule has 0 aliphatic rings. The normalized spacial score (nSPS) is 10.4. The van der Waals surface area contributed by atoms with Crippen molar-refractivity contribution in [2.75, 3.05) is 17.7 Å². The van der Waals surface area contributed by atoms with Gasteiger partial charge < -0.3 is 15.4 Å². The first kappa shape index (κ1) is 18.2. The number of hydrogen-bond donors (Lipinski definition) is 2. The third-order valence-electron chi connectivity index (χ3n) is 3.66. The summed E-state index contributed by atoms with van der Waals surface area (Å²) in [6.07, 6.45) is 1.28. The van der Waals surface area contributed by atoms with Crippen molar-refractivity contribution in [1.82, 2.24) is 4.98 Å². The Balaban J connectivity index is 1.69. The van der Waals surface area contributed by atoms with Crippen LogP contribution < -0.4 is 15.4 Å². The van der Waals surface area contributed by atoms with Crippen molar-refractivity contribution in [3.63, 3.8) is 0 Å². The summed E-state index contributed by atoms with van der Waals surface area (Å²) in [6, 6.07) is 11.5. The zero-order valence-electron chi connectivity index (χ0n) is 14.1. The molecule has 0 aliphatic heterocycles. The highest BCUT2D eigenvalue weighted by Gasteiger charge is 2.14. The van der Waals surface area contributed by atoms with Crippen molar-refractivity contribution in [2.45, 2.75) is 0 Å². The second-order valence-corrected chi connectivity index (χ2v) is 5.46. The van der Waals surface area contributed by atoms with Gasteiger partial charge in [-0.2, -0.15) is 0 Å². The molecule has 0 fully saturated rings. The van der Waals surface area contributed by atoms with Crippen LogP contribution in [-0.4, -0.2) is 18.0 Å². The zero-order chi connectivity index (χ0) is 19.4. The number of nitrogens with zero attached hydrogens (tertiary/aromatic N) is 1. The van der Waals surface area contributed by atoms with Gasteiger partial charge in [-0.05, 0) is 48.5 Å². The Hall–Kier alpha value is -3.55. The van der Waals surface area contributed by atoms with E-state index in [1.54, 1.807) is 31.4 Å². The SMILES string of the molecule is COc1ccc(NC(=O)c2ccc(Nc3ccc(F)c(F)c3F)cn2)cc1. The van der Waals surface area contributed by atoms with Gasteiger partial charge in [0.25, 0.3) is 5.91 Å². The number of carbonyl (C=O) groups is 1. The summed E-state index contributed by atoms with van der Waals surface area (Å²) in [4.78, 5) is 16.2. The van der Waals surface area contributed by atoms with Crippen LogP contribution in [0.3, 0.4) is 0 Å². The minimum atomic E-state index is -1.57. The van der Waals surface area contributed by atoms with E-state index in [1.807, 2.05) is 0 Å². The molecule has 2 N–H and O–H groups in total. The lowest BCUT2D eigenvalue weighted by molar-refractivity contribution is 0.102. The quantitative estimate of drug-likeness (QED) is 0.647. The number of halogens is 3. The number of nitrogens with one attached hydrogen (secondary N) is 2. The molecule has 27 heavy (non-hydrogen) atoms. The van der Waals surface area contributed by atoms with Crippen LogP contribution in [0.4, 0.5) is 30.2 Å². The largest absolute Gasteiger partial charge is 0.497 e. The minimum Gasteiger partial charge on any atom is -0.497 e. The van der Waals surface area contributed by atoms with Crippen molar-refractivity contribution in [3.8, 4) is 5.75 Å². The molecule has 0 bridgehead atoms. The molecule has 1 aromatic heterocycles. The molecule has 1 amide bonds. The second kappa shape index (κ2) is 7.77. The highest BCUT2D eigenvalue weighted by atomic mass is 19.2. The Kier molecular flexibility index (Phi) is 5.25. The summed E-state index contributed by atoms with van der Waals surface area (Å²) < 4.78 is 44.9. The molecule has 0 atom stereocenters. The standard InChI is InChI=1S/C19H14F3N3O2/c1-27-13-5-2-11(3-6-13)25-19(26)16-8-4-12(10-23-16)24-15-9-7-14(20)17(21)18(15)22/h2-10,24H,1H3,(H,25,26). The van der Waals surface area contributed by atoms with Gasteiger partial charge in [0.15, 0.2) is 17.5 Å². The number of pyridine rings is 1. The van der Waals surface area contributed by atoms with Gasteiger partial charge >= 0.3 is 0 Å². The highest BCUT2D eigenvalue weighted by Crippen LogP contribution is 2.23. The van der Waals surface area contributed by atoms with Crippen molar-refractivity contribution in [1.29, 1.82) is 0 Å². The fraction of sp³-hybridized carbons (Fsp3) is 0.0526. The number of rotatable bonds is 5. The summed E-state index contributed by atoms with van der Waals surface area (Å²) in [6.45, 7) is 0. The number of carbonyl (C=O) groups excluding carboxylic acids is 1. The highest BCUT2D eigenvalue weighted by molar-refractivity contribution is 6.03. The predicted octanol–water partition coefficient (Wildman–Crippen LogP) is 4.50. The lowest BCUT2D eigenvalue weighted by atomic mass is 10.2. The van der Waals surface area contributed by atoms with Gasteiger partial charge in [-0.3, -0.25) is 4.79 Å². The number of anilines is 3. The molecule has 3 aromatic rings. The van der Waals surface area contributed by atoms with Gasteiger partial charge in [-0.25, -0.2) is 18.2 Å². The smallest absolute Gasteiger partial charge is 0.274 e. The van der Waals surface area contributed by atoms with Crippen LogP contribution in [0.2, 0.25) is 0 Å². The van der Waals surface area contributed by atoms with E-state index < -0.39 is 23.4 Å². The first-order valence-electron chi connectivity index (χ1n) is 7.80. The lowest BCUT2D eigenvalue weighted by Gasteiger charge is -2.09. The second-order valence-electron chi connectivity index (χ2n) is 5.46. The number of methoxy groups -OCH3 is 1. The van der Waals surface area contributed by atoms with E-state index in [0.29, 0.717) is 17.1 Å². The summed E-state index contributed by atoms with van der Waals surface area (Å²) >= 11 is 0. The fourth-order valence-electron chi connectivity index (χ4n) is 2.25. The molecule has 2 aromatic carbocycles. The van der Waals surface area contributed by atoms with Crippen LogP contribution in [0.25, 0.3) is 0 Å². The van der Waals surface area contributed by atoms with Gasteiger partial charge in [-0.15, -0.1) is 0 Å². The van der Waals surface area contributed by atoms with Crippen LogP contribution in [0.1, 0.15) is 10.5 Å². The molecule has 0 radical (unpaired) electrons. The summed E-state index contributed by atoms with van der Waals surface area (Å²) in [7, 11) is 1.54. The van der Waals surface area contributed by atoms with Crippen molar-refractivity contribution >= 4 is 23.0 Å². The molecule has 0 saturated heterocycles. The molecule has 138 valence electrons. The van der Waals surface area contributed by atoms with Gasteiger partial charge in [0.2, 0.25) is 0 Å². The molecule has 0 saturated carbocycles. The van der Waals surface area contributed by atoms with E-state index in [0.717, 1.165) is 12.1 Å². The van der Waals surface area contributed by atoms with Gasteiger partial charge in [0, 0.05) is 5.69 Å². The maximum atomic E-state index is 13.7. The molecule has 0 aliphatic carbocycles. The van der Waals surface area contributed by atoms with E-state index >= 15 is 0 Å². The minimum absolute atomic E-state index is 0.127. The van der Waals surface area contributed by atoms with Crippen LogP contribution in [0.15, 0.2) is 54.7 Å². The van der Waals surface area contributed by atoms with Crippen molar-refractivity contribution in [3.05, 3.63) is 77.9 Å². The van der Waals surface area contributed by atoms with Crippen LogP contribution in [-0.2, 0) is 0 Å². The average Bonchev–Trinajstić information content (AvgIpc) is 2.69. The Bertz CT molecular complexity index is 961.